The van der Waals surface area contributed by atoms with Crippen LogP contribution in [0.5, 0.6) is 0 Å². The second kappa shape index (κ2) is 19.4. The van der Waals surface area contributed by atoms with Crippen LogP contribution in [-0.4, -0.2) is 95.7 Å². The van der Waals surface area contributed by atoms with Crippen LogP contribution in [0.4, 0.5) is 4.79 Å². The summed E-state index contributed by atoms with van der Waals surface area (Å²) in [6, 6.07) is 19.3. The van der Waals surface area contributed by atoms with Crippen molar-refractivity contribution in [3.8, 4) is 0 Å². The first-order valence-electron chi connectivity index (χ1n) is 20.4. The number of carbonyl (C=O) groups excluding carboxylic acids is 5. The molecular weight excluding hydrogens is 803 g/mol. The first kappa shape index (κ1) is 46.4. The molecule has 1 fully saturated rings. The Kier molecular flexibility index (Phi) is 14.8. The van der Waals surface area contributed by atoms with Gasteiger partial charge >= 0.3 is 6.09 Å². The van der Waals surface area contributed by atoms with E-state index in [0.717, 1.165) is 16.1 Å². The molecule has 0 saturated carbocycles. The number of nitrogens with one attached hydrogen (secondary N) is 3. The lowest BCUT2D eigenvalue weighted by Gasteiger charge is -2.45. The van der Waals surface area contributed by atoms with E-state index in [-0.39, 0.29) is 67.1 Å². The molecule has 0 aliphatic carbocycles. The zero-order chi connectivity index (χ0) is 44.7. The number of nitrogens with zero attached hydrogens (tertiary/aromatic N) is 2. The monoisotopic (exact) mass is 859 g/mol. The van der Waals surface area contributed by atoms with E-state index in [2.05, 4.69) is 16.0 Å². The van der Waals surface area contributed by atoms with E-state index in [1.165, 1.54) is 24.3 Å². The summed E-state index contributed by atoms with van der Waals surface area (Å²) in [5, 5.41) is 22.3. The quantitative estimate of drug-likeness (QED) is 0.108. The van der Waals surface area contributed by atoms with Crippen molar-refractivity contribution in [2.24, 2.45) is 11.5 Å². The number of aliphatic hydroxyl groups is 1. The predicted molar refractivity (Wildman–Crippen MR) is 228 cm³/mol. The Balaban J connectivity index is 1.49. The number of hydrazine groups is 1. The number of nitrogens with two attached hydrogens (primary N) is 2. The van der Waals surface area contributed by atoms with Crippen molar-refractivity contribution in [1.29, 1.82) is 0 Å². The topological polar surface area (TPSA) is 244 Å². The number of alkyl carbamates (subject to hydrolysis) is 1. The van der Waals surface area contributed by atoms with Crippen LogP contribution in [0.15, 0.2) is 94.4 Å². The van der Waals surface area contributed by atoms with Crippen molar-refractivity contribution < 1.29 is 42.2 Å². The van der Waals surface area contributed by atoms with Crippen molar-refractivity contribution in [3.05, 3.63) is 112 Å². The third-order valence-corrected chi connectivity index (χ3v) is 12.6. The highest BCUT2D eigenvalue weighted by Gasteiger charge is 2.56. The molecule has 0 bridgehead atoms. The number of amides is 5. The number of hydrogen-bond donors (Lipinski definition) is 6. The summed E-state index contributed by atoms with van der Waals surface area (Å²) >= 11 is 0. The summed E-state index contributed by atoms with van der Waals surface area (Å²) in [7, 11) is -4.43. The van der Waals surface area contributed by atoms with Crippen LogP contribution in [0.2, 0.25) is 0 Å². The number of primary amides is 1. The number of aryl methyl sites for hydroxylation is 1. The molecule has 328 valence electrons. The van der Waals surface area contributed by atoms with E-state index >= 15 is 0 Å². The zero-order valence-corrected chi connectivity index (χ0v) is 36.1. The molecule has 3 aromatic carbocycles. The Labute approximate surface area is 356 Å². The van der Waals surface area contributed by atoms with Crippen LogP contribution in [0, 0.1) is 6.92 Å². The van der Waals surface area contributed by atoms with Gasteiger partial charge in [0.05, 0.1) is 21.9 Å². The fourth-order valence-corrected chi connectivity index (χ4v) is 9.28. The first-order chi connectivity index (χ1) is 28.8. The minimum absolute atomic E-state index is 0.000655. The molecule has 16 nitrogen and oxygen atoms in total. The van der Waals surface area contributed by atoms with Crippen molar-refractivity contribution in [1.82, 2.24) is 26.0 Å². The van der Waals surface area contributed by atoms with Gasteiger partial charge in [0.2, 0.25) is 15.7 Å². The molecule has 5 amide bonds. The first-order valence-corrected chi connectivity index (χ1v) is 21.9. The number of benzene rings is 3. The highest BCUT2D eigenvalue weighted by Crippen LogP contribution is 2.42. The van der Waals surface area contributed by atoms with Gasteiger partial charge in [0.1, 0.15) is 16.8 Å². The van der Waals surface area contributed by atoms with Crippen molar-refractivity contribution in [2.45, 2.75) is 114 Å². The summed E-state index contributed by atoms with van der Waals surface area (Å²) in [5.41, 5.74) is 12.0. The van der Waals surface area contributed by atoms with E-state index < -0.39 is 74.6 Å². The summed E-state index contributed by atoms with van der Waals surface area (Å²) in [4.78, 5) is 66.6. The maximum absolute atomic E-state index is 14.9. The Morgan fingerprint density at radius 1 is 0.951 bits per heavy atom. The smallest absolute Gasteiger partial charge is 0.407 e. The molecule has 2 heterocycles. The number of unbranched alkanes of at least 4 members (excludes halogenated alkanes) is 1. The molecule has 3 aromatic rings. The van der Waals surface area contributed by atoms with Gasteiger partial charge in [-0.25, -0.2) is 23.2 Å². The van der Waals surface area contributed by atoms with Crippen LogP contribution >= 0.6 is 0 Å². The number of hydrogen-bond acceptors (Lipinski definition) is 11. The molecule has 61 heavy (non-hydrogen) atoms. The Morgan fingerprint density at radius 3 is 2.21 bits per heavy atom. The van der Waals surface area contributed by atoms with E-state index in [1.54, 1.807) is 57.0 Å². The molecular formula is C44H57N7O9S. The zero-order valence-electron chi connectivity index (χ0n) is 35.3. The van der Waals surface area contributed by atoms with Crippen molar-refractivity contribution in [3.63, 3.8) is 0 Å². The van der Waals surface area contributed by atoms with Crippen molar-refractivity contribution in [2.75, 3.05) is 13.1 Å². The standard InChI is InChI=1S/C44H57N7O9S/c1-6-34-37(61(58,59)32-21-15-28(2)16-22-32)35(51-41(56)44(46,23-25-50(34)51)26-29-12-8-7-9-13-29)39(54)49-33(14-10-11-24-47-42(57)60-43(3,4)5)36(52)40(55)48-27-30-17-19-31(20-18-30)38(45)53/h7-9,12-13,15-22,33-34,36,52H,6,10-11,14,23-27,46H2,1-5H3,(H2,45,53)(H,47,57)(H,48,55)(H,49,54)/t33-,34?,36?,44?/m0/s1. The van der Waals surface area contributed by atoms with Gasteiger partial charge in [-0.1, -0.05) is 67.1 Å². The largest absolute Gasteiger partial charge is 0.444 e. The van der Waals surface area contributed by atoms with E-state index in [9.17, 15) is 37.5 Å². The van der Waals surface area contributed by atoms with Gasteiger partial charge in [-0.3, -0.25) is 19.2 Å². The number of carbonyl (C=O) groups is 5. The summed E-state index contributed by atoms with van der Waals surface area (Å²) in [6.45, 7) is 9.05. The second-order valence-corrected chi connectivity index (χ2v) is 18.4. The normalized spacial score (nSPS) is 19.2. The third-order valence-electron chi connectivity index (χ3n) is 10.6. The summed E-state index contributed by atoms with van der Waals surface area (Å²) in [5.74, 6) is -3.15. The molecule has 5 rings (SSSR count). The van der Waals surface area contributed by atoms with Crippen LogP contribution in [0.25, 0.3) is 0 Å². The molecule has 3 unspecified atom stereocenters. The Hall–Kier alpha value is -5.62. The fourth-order valence-electron chi connectivity index (χ4n) is 7.45. The lowest BCUT2D eigenvalue weighted by molar-refractivity contribution is -0.160. The summed E-state index contributed by atoms with van der Waals surface area (Å²) in [6.07, 6.45) is -1.35. The maximum atomic E-state index is 14.9. The minimum Gasteiger partial charge on any atom is -0.444 e. The van der Waals surface area contributed by atoms with Crippen LogP contribution < -0.4 is 27.4 Å². The van der Waals surface area contributed by atoms with Gasteiger partial charge in [-0.15, -0.1) is 0 Å². The number of ether oxygens (including phenoxy) is 1. The van der Waals surface area contributed by atoms with E-state index in [0.29, 0.717) is 12.0 Å². The number of rotatable bonds is 17. The lowest BCUT2D eigenvalue weighted by atomic mass is 9.85. The molecule has 1 saturated heterocycles. The Morgan fingerprint density at radius 2 is 1.61 bits per heavy atom. The van der Waals surface area contributed by atoms with Crippen LogP contribution in [0.1, 0.15) is 86.8 Å². The molecule has 2 aliphatic rings. The average molecular weight is 860 g/mol. The SMILES string of the molecule is CCC1C(S(=O)(=O)c2ccc(C)cc2)=C(C(=O)N[C@@H](CCCCNC(=O)OC(C)(C)C)C(O)C(=O)NCc2ccc(C(N)=O)cc2)N2C(=O)C(N)(Cc3ccccc3)CCN12. The second-order valence-electron chi connectivity index (χ2n) is 16.5. The molecule has 8 N–H and O–H groups in total. The lowest BCUT2D eigenvalue weighted by Crippen LogP contribution is -2.66. The molecule has 4 atom stereocenters. The van der Waals surface area contributed by atoms with Gasteiger partial charge < -0.3 is 37.3 Å². The van der Waals surface area contributed by atoms with Crippen LogP contribution in [-0.2, 0) is 41.9 Å². The van der Waals surface area contributed by atoms with Gasteiger partial charge in [0.15, 0.2) is 6.10 Å². The van der Waals surface area contributed by atoms with Crippen molar-refractivity contribution >= 4 is 39.6 Å². The molecule has 0 radical (unpaired) electrons. The highest BCUT2D eigenvalue weighted by atomic mass is 32.2. The molecule has 0 aromatic heterocycles. The number of sulfone groups is 1. The highest BCUT2D eigenvalue weighted by molar-refractivity contribution is 7.95. The number of fused-ring (bicyclic) bond motifs is 1. The molecule has 2 aliphatic heterocycles. The average Bonchev–Trinajstić information content (AvgIpc) is 3.56. The van der Waals surface area contributed by atoms with Crippen LogP contribution in [0.3, 0.4) is 0 Å². The fraction of sp³-hybridized carbons (Fsp3) is 0.432. The van der Waals surface area contributed by atoms with E-state index in [4.69, 9.17) is 16.2 Å². The summed E-state index contributed by atoms with van der Waals surface area (Å²) < 4.78 is 34.7. The minimum atomic E-state index is -4.43. The van der Waals surface area contributed by atoms with E-state index in [1.807, 2.05) is 37.3 Å². The van der Waals surface area contributed by atoms with Gasteiger partial charge in [-0.05, 0) is 102 Å². The van der Waals surface area contributed by atoms with Gasteiger partial charge in [0, 0.05) is 25.2 Å². The molecule has 17 heteroatoms. The third kappa shape index (κ3) is 11.2. The predicted octanol–water partition coefficient (Wildman–Crippen LogP) is 3.12. The Bertz CT molecular complexity index is 2230. The molecule has 0 spiro atoms. The van der Waals surface area contributed by atoms with Gasteiger partial charge in [-0.2, -0.15) is 0 Å². The maximum Gasteiger partial charge on any atom is 0.407 e. The van der Waals surface area contributed by atoms with Gasteiger partial charge in [0.25, 0.3) is 17.7 Å². The number of aliphatic hydroxyl groups excluding tert-OH is 1.